The van der Waals surface area contributed by atoms with E-state index in [1.165, 1.54) is 6.20 Å². The Morgan fingerprint density at radius 2 is 2.22 bits per heavy atom. The highest BCUT2D eigenvalue weighted by Crippen LogP contribution is 2.36. The average Bonchev–Trinajstić information content (AvgIpc) is 2.87. The number of rotatable bonds is 2. The van der Waals surface area contributed by atoms with Gasteiger partial charge in [0.15, 0.2) is 0 Å². The zero-order chi connectivity index (χ0) is 12.5. The average molecular weight is 241 g/mol. The second kappa shape index (κ2) is 4.14. The van der Waals surface area contributed by atoms with Gasteiger partial charge < -0.3 is 9.84 Å². The number of nitrogens with zero attached hydrogens (tertiary/aromatic N) is 1. The first-order valence-corrected chi connectivity index (χ1v) is 5.69. The summed E-state index contributed by atoms with van der Waals surface area (Å²) in [6.07, 6.45) is 3.90. The lowest BCUT2D eigenvalue weighted by molar-refractivity contribution is 0.0696. The molecule has 2 aromatic rings. The molecule has 1 aromatic heterocycles. The minimum Gasteiger partial charge on any atom is -0.492 e. The van der Waals surface area contributed by atoms with Crippen LogP contribution in [0.4, 0.5) is 0 Å². The molecular weight excluding hydrogens is 230 g/mol. The van der Waals surface area contributed by atoms with Crippen LogP contribution in [0.25, 0.3) is 11.1 Å². The lowest BCUT2D eigenvalue weighted by atomic mass is 10.0. The maximum atomic E-state index is 10.9. The Bertz CT molecular complexity index is 622. The minimum atomic E-state index is -0.974. The van der Waals surface area contributed by atoms with Crippen LogP contribution in [0.3, 0.4) is 0 Å². The Hall–Kier alpha value is -2.36. The highest BCUT2D eigenvalue weighted by Gasteiger charge is 2.17. The van der Waals surface area contributed by atoms with E-state index in [2.05, 4.69) is 4.98 Å². The van der Waals surface area contributed by atoms with Gasteiger partial charge in [-0.1, -0.05) is 18.2 Å². The Morgan fingerprint density at radius 3 is 3.06 bits per heavy atom. The normalized spacial score (nSPS) is 12.9. The lowest BCUT2D eigenvalue weighted by Gasteiger charge is -2.08. The van der Waals surface area contributed by atoms with Gasteiger partial charge in [0.25, 0.3) is 0 Å². The molecule has 1 aliphatic heterocycles. The standard InChI is InChI=1S/C14H11NO3/c16-14(17)11-6-10(7-15-8-11)12-3-1-2-9-4-5-18-13(9)12/h1-3,6-8H,4-5H2,(H,16,17). The van der Waals surface area contributed by atoms with E-state index < -0.39 is 5.97 Å². The third-order valence-electron chi connectivity index (χ3n) is 3.01. The molecule has 4 heteroatoms. The number of para-hydroxylation sites is 1. The lowest BCUT2D eigenvalue weighted by Crippen LogP contribution is -1.97. The first kappa shape index (κ1) is 10.8. The second-order valence-electron chi connectivity index (χ2n) is 4.16. The largest absolute Gasteiger partial charge is 0.492 e. The van der Waals surface area contributed by atoms with Crippen molar-refractivity contribution in [3.8, 4) is 16.9 Å². The first-order chi connectivity index (χ1) is 8.75. The number of aromatic nitrogens is 1. The third-order valence-corrected chi connectivity index (χ3v) is 3.01. The fourth-order valence-electron chi connectivity index (χ4n) is 2.15. The number of carbonyl (C=O) groups is 1. The van der Waals surface area contributed by atoms with Crippen LogP contribution in [0.2, 0.25) is 0 Å². The van der Waals surface area contributed by atoms with E-state index in [0.717, 1.165) is 28.9 Å². The fraction of sp³-hybridized carbons (Fsp3) is 0.143. The summed E-state index contributed by atoms with van der Waals surface area (Å²) in [5, 5.41) is 8.98. The molecule has 1 N–H and O–H groups in total. The Labute approximate surface area is 104 Å². The van der Waals surface area contributed by atoms with Gasteiger partial charge >= 0.3 is 5.97 Å². The summed E-state index contributed by atoms with van der Waals surface area (Å²) in [5.74, 6) is -0.125. The van der Waals surface area contributed by atoms with Crippen LogP contribution in [0, 0.1) is 0 Å². The molecule has 0 spiro atoms. The number of hydrogen-bond donors (Lipinski definition) is 1. The number of hydrogen-bond acceptors (Lipinski definition) is 3. The molecule has 0 atom stereocenters. The van der Waals surface area contributed by atoms with Crippen LogP contribution in [0.1, 0.15) is 15.9 Å². The zero-order valence-corrected chi connectivity index (χ0v) is 9.59. The minimum absolute atomic E-state index is 0.183. The van der Waals surface area contributed by atoms with E-state index in [4.69, 9.17) is 9.84 Å². The summed E-state index contributed by atoms with van der Waals surface area (Å²) in [7, 11) is 0. The summed E-state index contributed by atoms with van der Waals surface area (Å²) >= 11 is 0. The monoisotopic (exact) mass is 241 g/mol. The predicted octanol–water partition coefficient (Wildman–Crippen LogP) is 2.38. The van der Waals surface area contributed by atoms with Crippen molar-refractivity contribution in [1.29, 1.82) is 0 Å². The summed E-state index contributed by atoms with van der Waals surface area (Å²) < 4.78 is 5.61. The predicted molar refractivity (Wildman–Crippen MR) is 65.8 cm³/mol. The van der Waals surface area contributed by atoms with E-state index in [0.29, 0.717) is 6.61 Å². The molecule has 0 unspecified atom stereocenters. The Balaban J connectivity index is 2.13. The van der Waals surface area contributed by atoms with Gasteiger partial charge in [0.05, 0.1) is 12.2 Å². The van der Waals surface area contributed by atoms with Crippen molar-refractivity contribution >= 4 is 5.97 Å². The van der Waals surface area contributed by atoms with Gasteiger partial charge in [-0.05, 0) is 11.6 Å². The number of ether oxygens (including phenoxy) is 1. The van der Waals surface area contributed by atoms with Crippen molar-refractivity contribution in [1.82, 2.24) is 4.98 Å². The highest BCUT2D eigenvalue weighted by molar-refractivity contribution is 5.89. The number of benzene rings is 1. The smallest absolute Gasteiger partial charge is 0.337 e. The van der Waals surface area contributed by atoms with Gasteiger partial charge in [-0.3, -0.25) is 4.98 Å². The van der Waals surface area contributed by atoms with Crippen LogP contribution in [-0.4, -0.2) is 22.7 Å². The highest BCUT2D eigenvalue weighted by atomic mass is 16.5. The molecule has 1 aliphatic rings. The van der Waals surface area contributed by atoms with E-state index in [-0.39, 0.29) is 5.56 Å². The second-order valence-corrected chi connectivity index (χ2v) is 4.16. The molecule has 18 heavy (non-hydrogen) atoms. The molecule has 2 heterocycles. The number of carboxylic acid groups (broad SMARTS) is 1. The van der Waals surface area contributed by atoms with Gasteiger partial charge in [-0.2, -0.15) is 0 Å². The molecule has 1 aromatic carbocycles. The molecule has 3 rings (SSSR count). The van der Waals surface area contributed by atoms with Crippen molar-refractivity contribution in [2.75, 3.05) is 6.61 Å². The van der Waals surface area contributed by atoms with E-state index >= 15 is 0 Å². The molecule has 0 aliphatic carbocycles. The molecule has 4 nitrogen and oxygen atoms in total. The van der Waals surface area contributed by atoms with E-state index in [9.17, 15) is 4.79 Å². The summed E-state index contributed by atoms with van der Waals surface area (Å²) in [5.41, 5.74) is 3.02. The van der Waals surface area contributed by atoms with Gasteiger partial charge in [0.1, 0.15) is 5.75 Å². The summed E-state index contributed by atoms with van der Waals surface area (Å²) in [4.78, 5) is 14.9. The number of fused-ring (bicyclic) bond motifs is 1. The van der Waals surface area contributed by atoms with Crippen LogP contribution in [0.15, 0.2) is 36.7 Å². The topological polar surface area (TPSA) is 59.4 Å². The fourth-order valence-corrected chi connectivity index (χ4v) is 2.15. The first-order valence-electron chi connectivity index (χ1n) is 5.69. The van der Waals surface area contributed by atoms with Crippen LogP contribution < -0.4 is 4.74 Å². The molecule has 0 fully saturated rings. The van der Waals surface area contributed by atoms with Gasteiger partial charge in [0.2, 0.25) is 0 Å². The zero-order valence-electron chi connectivity index (χ0n) is 9.59. The Kier molecular flexibility index (Phi) is 2.48. The summed E-state index contributed by atoms with van der Waals surface area (Å²) in [6.45, 7) is 0.679. The maximum absolute atomic E-state index is 10.9. The van der Waals surface area contributed by atoms with E-state index in [1.54, 1.807) is 12.3 Å². The molecule has 90 valence electrons. The molecule has 0 bridgehead atoms. The Morgan fingerprint density at radius 1 is 1.33 bits per heavy atom. The van der Waals surface area contributed by atoms with Gasteiger partial charge in [0, 0.05) is 29.9 Å². The van der Waals surface area contributed by atoms with Crippen LogP contribution >= 0.6 is 0 Å². The summed E-state index contributed by atoms with van der Waals surface area (Å²) in [6, 6.07) is 7.52. The third kappa shape index (κ3) is 1.72. The molecule has 0 saturated heterocycles. The number of pyridine rings is 1. The SMILES string of the molecule is O=C(O)c1cncc(-c2cccc3c2OCC3)c1. The van der Waals surface area contributed by atoms with E-state index in [1.807, 2.05) is 18.2 Å². The maximum Gasteiger partial charge on any atom is 0.337 e. The van der Waals surface area contributed by atoms with Crippen molar-refractivity contribution < 1.29 is 14.6 Å². The van der Waals surface area contributed by atoms with Gasteiger partial charge in [-0.25, -0.2) is 4.79 Å². The van der Waals surface area contributed by atoms with Crippen molar-refractivity contribution in [3.63, 3.8) is 0 Å². The van der Waals surface area contributed by atoms with Crippen molar-refractivity contribution in [2.45, 2.75) is 6.42 Å². The molecule has 0 radical (unpaired) electrons. The molecule has 0 saturated carbocycles. The van der Waals surface area contributed by atoms with Gasteiger partial charge in [-0.15, -0.1) is 0 Å². The number of aromatic carboxylic acids is 1. The van der Waals surface area contributed by atoms with Crippen molar-refractivity contribution in [3.05, 3.63) is 47.8 Å². The van der Waals surface area contributed by atoms with Crippen LogP contribution in [0.5, 0.6) is 5.75 Å². The molecule has 0 amide bonds. The van der Waals surface area contributed by atoms with Crippen LogP contribution in [-0.2, 0) is 6.42 Å². The molecular formula is C14H11NO3. The quantitative estimate of drug-likeness (QED) is 0.876. The van der Waals surface area contributed by atoms with Crippen molar-refractivity contribution in [2.24, 2.45) is 0 Å². The number of carboxylic acids is 1.